The minimum atomic E-state index is -4.86. The second-order valence-corrected chi connectivity index (χ2v) is 10.6. The summed E-state index contributed by atoms with van der Waals surface area (Å²) in [6.07, 6.45) is 0. The van der Waals surface area contributed by atoms with Gasteiger partial charge in [0, 0.05) is 5.39 Å². The van der Waals surface area contributed by atoms with Crippen LogP contribution in [0.3, 0.4) is 0 Å². The number of aryl methyl sites for hydroxylation is 1. The number of hydrogen-bond donors (Lipinski definition) is 3. The molecule has 0 amide bonds. The van der Waals surface area contributed by atoms with Crippen LogP contribution in [-0.4, -0.2) is 38.9 Å². The van der Waals surface area contributed by atoms with Crippen molar-refractivity contribution in [2.45, 2.75) is 21.6 Å². The van der Waals surface area contributed by atoms with Gasteiger partial charge in [0.05, 0.1) is 4.90 Å². The van der Waals surface area contributed by atoms with E-state index < -0.39 is 50.7 Å². The van der Waals surface area contributed by atoms with Crippen molar-refractivity contribution >= 4 is 52.5 Å². The summed E-state index contributed by atoms with van der Waals surface area (Å²) in [5.74, 6) is 0. The average molecular weight is 487 g/mol. The Labute approximate surface area is 177 Å². The Hall–Kier alpha value is -2.75. The molecular weight excluding hydrogens is 472 g/mol. The molecule has 14 heteroatoms. The first kappa shape index (κ1) is 22.9. The lowest BCUT2D eigenvalue weighted by atomic mass is 10.1. The third kappa shape index (κ3) is 4.95. The first-order valence-electron chi connectivity index (χ1n) is 8.19. The fourth-order valence-electron chi connectivity index (χ4n) is 2.75. The SMILES string of the molecule is Cc1ccc(N=Nc2c(S(=O)(=O)O)ccc3ccc(S(=O)(=O)O)cc23)c(S(=O)(=O)O)c1. The van der Waals surface area contributed by atoms with Gasteiger partial charge in [-0.2, -0.15) is 25.3 Å². The van der Waals surface area contributed by atoms with Crippen LogP contribution in [0.25, 0.3) is 10.8 Å². The van der Waals surface area contributed by atoms with E-state index in [0.29, 0.717) is 5.56 Å². The summed E-state index contributed by atoms with van der Waals surface area (Å²) < 4.78 is 98.1. The van der Waals surface area contributed by atoms with Gasteiger partial charge in [-0.1, -0.05) is 18.2 Å². The molecule has 0 unspecified atom stereocenters. The summed E-state index contributed by atoms with van der Waals surface area (Å²) in [4.78, 5) is -1.90. The number of fused-ring (bicyclic) bond motifs is 1. The van der Waals surface area contributed by atoms with Crippen molar-refractivity contribution in [3.63, 3.8) is 0 Å². The van der Waals surface area contributed by atoms with Crippen molar-refractivity contribution in [1.82, 2.24) is 0 Å². The fraction of sp³-hybridized carbons (Fsp3) is 0.0588. The van der Waals surface area contributed by atoms with Crippen LogP contribution in [0.5, 0.6) is 0 Å². The van der Waals surface area contributed by atoms with Gasteiger partial charge in [-0.05, 0) is 48.2 Å². The molecule has 0 saturated heterocycles. The van der Waals surface area contributed by atoms with E-state index in [0.717, 1.165) is 24.3 Å². The quantitative estimate of drug-likeness (QED) is 0.359. The minimum Gasteiger partial charge on any atom is -0.282 e. The second kappa shape index (κ2) is 7.74. The van der Waals surface area contributed by atoms with Gasteiger partial charge in [0.15, 0.2) is 0 Å². The number of hydrogen-bond acceptors (Lipinski definition) is 8. The predicted octanol–water partition coefficient (Wildman–Crippen LogP) is 3.30. The molecule has 164 valence electrons. The molecule has 0 atom stereocenters. The molecule has 0 aliphatic heterocycles. The van der Waals surface area contributed by atoms with Crippen molar-refractivity contribution in [1.29, 1.82) is 0 Å². The standard InChI is InChI=1S/C17H14N2O9S3/c1-10-2-6-14(16(8-10)31(26,27)28)18-19-17-13-9-12(29(20,21)22)5-3-11(13)4-7-15(17)30(23,24)25/h2-9H,1H3,(H,20,21,22)(H,23,24,25)(H,26,27,28). The van der Waals surface area contributed by atoms with Gasteiger partial charge in [0.25, 0.3) is 30.4 Å². The predicted molar refractivity (Wildman–Crippen MR) is 109 cm³/mol. The van der Waals surface area contributed by atoms with E-state index in [-0.39, 0.29) is 16.5 Å². The number of benzene rings is 3. The molecule has 0 aliphatic rings. The van der Waals surface area contributed by atoms with E-state index >= 15 is 0 Å². The van der Waals surface area contributed by atoms with Crippen LogP contribution in [0.4, 0.5) is 11.4 Å². The average Bonchev–Trinajstić information content (AvgIpc) is 2.63. The zero-order chi connectivity index (χ0) is 23.2. The monoisotopic (exact) mass is 486 g/mol. The van der Waals surface area contributed by atoms with E-state index in [9.17, 15) is 38.9 Å². The van der Waals surface area contributed by atoms with Gasteiger partial charge >= 0.3 is 0 Å². The van der Waals surface area contributed by atoms with Gasteiger partial charge < -0.3 is 0 Å². The topological polar surface area (TPSA) is 188 Å². The largest absolute Gasteiger partial charge is 0.296 e. The van der Waals surface area contributed by atoms with E-state index in [1.807, 2.05) is 0 Å². The van der Waals surface area contributed by atoms with Gasteiger partial charge in [-0.25, -0.2) is 0 Å². The molecule has 0 heterocycles. The van der Waals surface area contributed by atoms with Gasteiger partial charge in [-0.15, -0.1) is 10.2 Å². The molecule has 3 rings (SSSR count). The zero-order valence-corrected chi connectivity index (χ0v) is 18.0. The van der Waals surface area contributed by atoms with Crippen molar-refractivity contribution in [2.24, 2.45) is 10.2 Å². The second-order valence-electron chi connectivity index (χ2n) is 6.39. The Morgan fingerprint density at radius 3 is 1.87 bits per heavy atom. The lowest BCUT2D eigenvalue weighted by molar-refractivity contribution is 0.480. The van der Waals surface area contributed by atoms with Gasteiger partial charge in [0.1, 0.15) is 21.2 Å². The van der Waals surface area contributed by atoms with Crippen LogP contribution >= 0.6 is 0 Å². The molecule has 3 N–H and O–H groups in total. The normalized spacial score (nSPS) is 13.2. The summed E-state index contributed by atoms with van der Waals surface area (Å²) in [6, 6.07) is 9.32. The van der Waals surface area contributed by atoms with Crippen LogP contribution < -0.4 is 0 Å². The molecule has 0 fully saturated rings. The van der Waals surface area contributed by atoms with E-state index in [2.05, 4.69) is 10.2 Å². The Morgan fingerprint density at radius 2 is 1.29 bits per heavy atom. The first-order valence-corrected chi connectivity index (χ1v) is 12.5. The minimum absolute atomic E-state index is 0.116. The molecule has 0 spiro atoms. The molecule has 3 aromatic carbocycles. The molecular formula is C17H14N2O9S3. The molecule has 11 nitrogen and oxygen atoms in total. The summed E-state index contributed by atoms with van der Waals surface area (Å²) in [5.41, 5.74) is -0.363. The highest BCUT2D eigenvalue weighted by atomic mass is 32.2. The van der Waals surface area contributed by atoms with Crippen LogP contribution in [0.15, 0.2) is 73.4 Å². The van der Waals surface area contributed by atoms with Gasteiger partial charge in [0.2, 0.25) is 0 Å². The lowest BCUT2D eigenvalue weighted by Gasteiger charge is -2.08. The molecule has 0 saturated carbocycles. The summed E-state index contributed by atoms with van der Waals surface area (Å²) >= 11 is 0. The van der Waals surface area contributed by atoms with E-state index in [1.54, 1.807) is 6.92 Å². The maximum absolute atomic E-state index is 11.8. The van der Waals surface area contributed by atoms with Crippen LogP contribution in [-0.2, 0) is 30.4 Å². The van der Waals surface area contributed by atoms with Crippen LogP contribution in [0.2, 0.25) is 0 Å². The Morgan fingerprint density at radius 1 is 0.677 bits per heavy atom. The number of rotatable bonds is 5. The number of azo groups is 1. The highest BCUT2D eigenvalue weighted by molar-refractivity contribution is 7.86. The molecule has 31 heavy (non-hydrogen) atoms. The lowest BCUT2D eigenvalue weighted by Crippen LogP contribution is -2.01. The first-order chi connectivity index (χ1) is 14.2. The van der Waals surface area contributed by atoms with Gasteiger partial charge in [-0.3, -0.25) is 13.7 Å². The Bertz CT molecular complexity index is 1550. The van der Waals surface area contributed by atoms with E-state index in [1.165, 1.54) is 24.3 Å². The third-order valence-corrected chi connectivity index (χ3v) is 6.77. The summed E-state index contributed by atoms with van der Waals surface area (Å²) in [7, 11) is -14.2. The van der Waals surface area contributed by atoms with Crippen molar-refractivity contribution in [2.75, 3.05) is 0 Å². The molecule has 0 radical (unpaired) electrons. The Kier molecular flexibility index (Phi) is 5.72. The van der Waals surface area contributed by atoms with Crippen molar-refractivity contribution in [3.8, 4) is 0 Å². The molecule has 0 aromatic heterocycles. The zero-order valence-electron chi connectivity index (χ0n) is 15.5. The summed E-state index contributed by atoms with van der Waals surface area (Å²) in [6.45, 7) is 1.56. The van der Waals surface area contributed by atoms with Crippen LogP contribution in [0, 0.1) is 6.92 Å². The van der Waals surface area contributed by atoms with Crippen molar-refractivity contribution < 1.29 is 38.9 Å². The van der Waals surface area contributed by atoms with E-state index in [4.69, 9.17) is 0 Å². The van der Waals surface area contributed by atoms with Crippen molar-refractivity contribution in [3.05, 3.63) is 54.1 Å². The molecule has 3 aromatic rings. The van der Waals surface area contributed by atoms with Crippen LogP contribution in [0.1, 0.15) is 5.56 Å². The molecule has 0 bridgehead atoms. The molecule has 0 aliphatic carbocycles. The summed E-state index contributed by atoms with van der Waals surface area (Å²) in [5, 5.41) is 7.60. The fourth-order valence-corrected chi connectivity index (χ4v) is 4.60. The number of nitrogens with zero attached hydrogens (tertiary/aromatic N) is 2. The third-order valence-electron chi connectivity index (χ3n) is 4.15. The maximum Gasteiger partial charge on any atom is 0.296 e. The Balaban J connectivity index is 2.36. The smallest absolute Gasteiger partial charge is 0.282 e. The highest BCUT2D eigenvalue weighted by Gasteiger charge is 2.21. The maximum atomic E-state index is 11.8. The highest BCUT2D eigenvalue weighted by Crippen LogP contribution is 2.36.